The van der Waals surface area contributed by atoms with E-state index < -0.39 is 5.66 Å². The van der Waals surface area contributed by atoms with Crippen molar-refractivity contribution in [3.05, 3.63) is 145 Å². The highest BCUT2D eigenvalue weighted by atomic mass is 16.5. The summed E-state index contributed by atoms with van der Waals surface area (Å²) in [5, 5.41) is 9.99. The van der Waals surface area contributed by atoms with Crippen LogP contribution >= 0.6 is 0 Å². The fourth-order valence-corrected chi connectivity index (χ4v) is 9.43. The Hall–Kier alpha value is -6.20. The van der Waals surface area contributed by atoms with E-state index in [1.54, 1.807) is 0 Å². The van der Waals surface area contributed by atoms with Crippen LogP contribution in [0, 0.1) is 0 Å². The summed E-state index contributed by atoms with van der Waals surface area (Å²) in [6, 6.07) is 44.6. The molecule has 5 nitrogen and oxygen atoms in total. The van der Waals surface area contributed by atoms with Crippen LogP contribution in [-0.4, -0.2) is 8.97 Å². The summed E-state index contributed by atoms with van der Waals surface area (Å²) in [5.74, 6) is 2.94. The van der Waals surface area contributed by atoms with Crippen molar-refractivity contribution >= 4 is 70.8 Å². The molecule has 5 aromatic carbocycles. The van der Waals surface area contributed by atoms with Crippen LogP contribution in [0.4, 0.5) is 0 Å². The van der Waals surface area contributed by atoms with Crippen molar-refractivity contribution in [2.45, 2.75) is 5.66 Å². The lowest BCUT2D eigenvalue weighted by Crippen LogP contribution is -2.78. The molecule has 1 atom stereocenters. The number of rotatable bonds is 0. The largest absolute Gasteiger partial charge is 0.456 e. The Morgan fingerprint density at radius 2 is 1.20 bits per heavy atom. The SMILES string of the molecule is c1cc[n+]2c(c1)-n1c3ccccc3c3ccc4c(c31)C21c2c(ccc3c5cc6ccccc6cc5c5cc6ccc[n+]1c6n5c23)O4. The second-order valence-electron chi connectivity index (χ2n) is 13.0. The van der Waals surface area contributed by atoms with Crippen molar-refractivity contribution in [2.75, 3.05) is 0 Å². The first-order valence-electron chi connectivity index (χ1n) is 15.9. The van der Waals surface area contributed by atoms with Crippen LogP contribution in [0.5, 0.6) is 11.5 Å². The highest BCUT2D eigenvalue weighted by molar-refractivity contribution is 6.20. The molecule has 5 heteroatoms. The third-order valence-electron chi connectivity index (χ3n) is 11.0. The van der Waals surface area contributed by atoms with Gasteiger partial charge >= 0.3 is 5.66 Å². The molecule has 10 aromatic rings. The number of benzene rings is 5. The molecule has 3 aliphatic heterocycles. The van der Waals surface area contributed by atoms with Crippen LogP contribution in [0.15, 0.2) is 134 Å². The van der Waals surface area contributed by atoms with Gasteiger partial charge in [0.15, 0.2) is 11.0 Å². The average molecular weight is 587 g/mol. The topological polar surface area (TPSA) is 26.3 Å². The van der Waals surface area contributed by atoms with E-state index in [-0.39, 0.29) is 0 Å². The predicted octanol–water partition coefficient (Wildman–Crippen LogP) is 8.25. The van der Waals surface area contributed by atoms with Gasteiger partial charge in [0.1, 0.15) is 33.7 Å². The van der Waals surface area contributed by atoms with Crippen molar-refractivity contribution in [1.82, 2.24) is 8.97 Å². The molecular formula is C41H22N4O+2. The Kier molecular flexibility index (Phi) is 3.41. The molecule has 0 N–H and O–H groups in total. The number of nitrogens with zero attached hydrogens (tertiary/aromatic N) is 4. The lowest BCUT2D eigenvalue weighted by Gasteiger charge is -2.40. The molecule has 0 saturated heterocycles. The van der Waals surface area contributed by atoms with Crippen LogP contribution in [0.2, 0.25) is 0 Å². The van der Waals surface area contributed by atoms with Crippen LogP contribution < -0.4 is 13.9 Å². The van der Waals surface area contributed by atoms with Crippen molar-refractivity contribution < 1.29 is 13.9 Å². The van der Waals surface area contributed by atoms with Gasteiger partial charge in [-0.3, -0.25) is 0 Å². The number of aromatic nitrogens is 4. The molecule has 5 aromatic heterocycles. The van der Waals surface area contributed by atoms with Crippen LogP contribution in [0.1, 0.15) is 11.1 Å². The number of pyridine rings is 3. The summed E-state index contributed by atoms with van der Waals surface area (Å²) in [6.07, 6.45) is 4.54. The molecule has 0 bridgehead atoms. The maximum atomic E-state index is 7.01. The number of fused-ring (bicyclic) bond motifs is 9. The molecule has 3 aliphatic rings. The van der Waals surface area contributed by atoms with Crippen molar-refractivity contribution in [3.8, 4) is 17.3 Å². The molecule has 0 saturated carbocycles. The van der Waals surface area contributed by atoms with E-state index in [0.717, 1.165) is 17.3 Å². The zero-order valence-corrected chi connectivity index (χ0v) is 24.4. The van der Waals surface area contributed by atoms with E-state index in [2.05, 4.69) is 152 Å². The quantitative estimate of drug-likeness (QED) is 0.0999. The van der Waals surface area contributed by atoms with Gasteiger partial charge in [-0.1, -0.05) is 42.5 Å². The van der Waals surface area contributed by atoms with Gasteiger partial charge in [0.25, 0.3) is 11.5 Å². The minimum atomic E-state index is -0.714. The Balaban J connectivity index is 1.37. The Morgan fingerprint density at radius 3 is 2.07 bits per heavy atom. The van der Waals surface area contributed by atoms with E-state index in [9.17, 15) is 0 Å². The lowest BCUT2D eigenvalue weighted by molar-refractivity contribution is -0.960. The van der Waals surface area contributed by atoms with Gasteiger partial charge in [0, 0.05) is 33.7 Å². The number of ether oxygens (including phenoxy) is 1. The molecule has 8 heterocycles. The summed E-state index contributed by atoms with van der Waals surface area (Å²) in [5.41, 5.74) is 7.69. The van der Waals surface area contributed by atoms with E-state index >= 15 is 0 Å². The van der Waals surface area contributed by atoms with Gasteiger partial charge in [0.05, 0.1) is 17.8 Å². The fourth-order valence-electron chi connectivity index (χ4n) is 9.43. The fraction of sp³-hybridized carbons (Fsp3) is 0.0244. The molecule has 1 unspecified atom stereocenters. The third kappa shape index (κ3) is 2.14. The number of hydrogen-bond acceptors (Lipinski definition) is 1. The Labute approximate surface area is 260 Å². The van der Waals surface area contributed by atoms with Crippen LogP contribution in [0.3, 0.4) is 0 Å². The van der Waals surface area contributed by atoms with Crippen LogP contribution in [-0.2, 0) is 5.66 Å². The summed E-state index contributed by atoms with van der Waals surface area (Å²) in [7, 11) is 0. The predicted molar refractivity (Wildman–Crippen MR) is 180 cm³/mol. The monoisotopic (exact) mass is 586 g/mol. The van der Waals surface area contributed by atoms with Gasteiger partial charge in [-0.05, 0) is 82.9 Å². The van der Waals surface area contributed by atoms with Crippen molar-refractivity contribution in [1.29, 1.82) is 0 Å². The van der Waals surface area contributed by atoms with E-state index in [1.165, 1.54) is 81.9 Å². The second kappa shape index (κ2) is 7.03. The Morgan fingerprint density at radius 1 is 0.500 bits per heavy atom. The zero-order valence-electron chi connectivity index (χ0n) is 24.4. The first-order chi connectivity index (χ1) is 22.8. The van der Waals surface area contributed by atoms with Gasteiger partial charge < -0.3 is 4.74 Å². The van der Waals surface area contributed by atoms with Gasteiger partial charge in [0.2, 0.25) is 0 Å². The molecule has 13 rings (SSSR count). The maximum absolute atomic E-state index is 7.01. The van der Waals surface area contributed by atoms with Gasteiger partial charge in [-0.25, -0.2) is 0 Å². The zero-order chi connectivity index (χ0) is 29.5. The minimum absolute atomic E-state index is 0.714. The molecule has 1 spiro atoms. The summed E-state index contributed by atoms with van der Waals surface area (Å²) in [6.45, 7) is 0. The molecular weight excluding hydrogens is 564 g/mol. The first-order valence-corrected chi connectivity index (χ1v) is 15.9. The molecule has 210 valence electrons. The van der Waals surface area contributed by atoms with E-state index in [4.69, 9.17) is 4.74 Å². The summed E-state index contributed by atoms with van der Waals surface area (Å²) < 4.78 is 17.0. The number of hydrogen-bond donors (Lipinski definition) is 0. The minimum Gasteiger partial charge on any atom is -0.456 e. The Bertz CT molecular complexity index is 3130. The number of para-hydroxylation sites is 1. The highest BCUT2D eigenvalue weighted by Gasteiger charge is 2.63. The average Bonchev–Trinajstić information content (AvgIpc) is 3.67. The van der Waals surface area contributed by atoms with Crippen molar-refractivity contribution in [3.63, 3.8) is 0 Å². The smallest absolute Gasteiger partial charge is 0.321 e. The van der Waals surface area contributed by atoms with Crippen LogP contribution in [0.25, 0.3) is 76.6 Å². The first kappa shape index (κ1) is 22.3. The standard InChI is InChI=1S/C41H22N4O/c1-2-9-24-21-30-29(20-23(24)8-1)28-15-17-34-37-39(28)45-32(30)22-25-10-7-19-43(40(25)45)41(37)36-33(46-34)16-14-27-26-11-3-4-12-31(26)44(38(27)36)35-13-5-6-18-42(35)41/h1-22H/q+2. The summed E-state index contributed by atoms with van der Waals surface area (Å²) in [4.78, 5) is 0. The molecule has 0 radical (unpaired) electrons. The summed E-state index contributed by atoms with van der Waals surface area (Å²) >= 11 is 0. The van der Waals surface area contributed by atoms with Crippen molar-refractivity contribution in [2.24, 2.45) is 0 Å². The van der Waals surface area contributed by atoms with Gasteiger partial charge in [-0.2, -0.15) is 18.1 Å². The molecule has 46 heavy (non-hydrogen) atoms. The highest BCUT2D eigenvalue weighted by Crippen LogP contribution is 2.56. The van der Waals surface area contributed by atoms with Gasteiger partial charge in [-0.15, -0.1) is 0 Å². The molecule has 0 amide bonds. The van der Waals surface area contributed by atoms with E-state index in [0.29, 0.717) is 0 Å². The molecule has 0 aliphatic carbocycles. The second-order valence-corrected chi connectivity index (χ2v) is 13.0. The van der Waals surface area contributed by atoms with E-state index in [1.807, 2.05) is 0 Å². The molecule has 0 fully saturated rings. The normalized spacial score (nSPS) is 17.0. The third-order valence-corrected chi connectivity index (χ3v) is 11.0. The lowest BCUT2D eigenvalue weighted by atomic mass is 9.81. The maximum Gasteiger partial charge on any atom is 0.321 e.